The molecule has 0 aliphatic carbocycles. The van der Waals surface area contributed by atoms with Gasteiger partial charge < -0.3 is 20.9 Å². The highest BCUT2D eigenvalue weighted by molar-refractivity contribution is 6.23. The van der Waals surface area contributed by atoms with E-state index in [0.29, 0.717) is 25.6 Å². The maximum atomic E-state index is 13.6. The molecule has 174 valence electrons. The third kappa shape index (κ3) is 6.05. The maximum absolute atomic E-state index is 13.6. The van der Waals surface area contributed by atoms with Crippen LogP contribution in [-0.4, -0.2) is 52.1 Å². The molecule has 0 spiro atoms. The number of amides is 2. The standard InChI is InChI=1S/C21H21F3N6O3/c1-2-17(32)27-15-7-3-4-8-16(15)28-19-14(21(22,23)24)10-25-20(29-19)26-13-6-5-9-30(11-13)18(33)12-31/h2-4,7-8,10,12-13H,1,5-6,9,11H2,(H,27,32)(H2,25,26,28,29). The number of hydrogen-bond donors (Lipinski definition) is 3. The van der Waals surface area contributed by atoms with Gasteiger partial charge in [0.2, 0.25) is 18.1 Å². The number of para-hydroxylation sites is 2. The van der Waals surface area contributed by atoms with Crippen LogP contribution in [0.15, 0.2) is 43.1 Å². The number of hydrogen-bond acceptors (Lipinski definition) is 7. The molecule has 2 amide bonds. The Kier molecular flexibility index (Phi) is 7.26. The topological polar surface area (TPSA) is 116 Å². The molecule has 1 aliphatic heterocycles. The van der Waals surface area contributed by atoms with Crippen LogP contribution >= 0.6 is 0 Å². The van der Waals surface area contributed by atoms with E-state index in [1.807, 2.05) is 0 Å². The lowest BCUT2D eigenvalue weighted by Gasteiger charge is -2.32. The Bertz CT molecular complexity index is 1060. The fraction of sp³-hybridized carbons (Fsp3) is 0.286. The van der Waals surface area contributed by atoms with Crippen LogP contribution in [0.2, 0.25) is 0 Å². The monoisotopic (exact) mass is 462 g/mol. The van der Waals surface area contributed by atoms with Gasteiger partial charge in [-0.1, -0.05) is 18.7 Å². The number of piperidine rings is 1. The average Bonchev–Trinajstić information content (AvgIpc) is 2.79. The Morgan fingerprint density at radius 3 is 2.61 bits per heavy atom. The third-order valence-corrected chi connectivity index (χ3v) is 4.88. The molecule has 1 atom stereocenters. The lowest BCUT2D eigenvalue weighted by atomic mass is 10.1. The van der Waals surface area contributed by atoms with E-state index in [4.69, 9.17) is 0 Å². The van der Waals surface area contributed by atoms with Crippen LogP contribution in [0.25, 0.3) is 0 Å². The Morgan fingerprint density at radius 1 is 1.21 bits per heavy atom. The van der Waals surface area contributed by atoms with Crippen molar-refractivity contribution in [1.29, 1.82) is 0 Å². The van der Waals surface area contributed by atoms with Crippen LogP contribution < -0.4 is 16.0 Å². The summed E-state index contributed by atoms with van der Waals surface area (Å²) in [5, 5.41) is 8.06. The van der Waals surface area contributed by atoms with Crippen LogP contribution in [0.5, 0.6) is 0 Å². The molecular weight excluding hydrogens is 441 g/mol. The molecule has 1 fully saturated rings. The van der Waals surface area contributed by atoms with Gasteiger partial charge in [0.1, 0.15) is 11.4 Å². The van der Waals surface area contributed by atoms with Gasteiger partial charge in [0.25, 0.3) is 5.91 Å². The highest BCUT2D eigenvalue weighted by atomic mass is 19.4. The number of carbonyl (C=O) groups is 3. The minimum absolute atomic E-state index is 0.0801. The second-order valence-electron chi connectivity index (χ2n) is 7.20. The van der Waals surface area contributed by atoms with Crippen LogP contribution in [0, 0.1) is 0 Å². The lowest BCUT2D eigenvalue weighted by molar-refractivity contribution is -0.139. The first kappa shape index (κ1) is 23.7. The minimum atomic E-state index is -4.74. The predicted octanol–water partition coefficient (Wildman–Crippen LogP) is 2.97. The zero-order valence-electron chi connectivity index (χ0n) is 17.4. The van der Waals surface area contributed by atoms with Gasteiger partial charge in [0.15, 0.2) is 0 Å². The third-order valence-electron chi connectivity index (χ3n) is 4.88. The van der Waals surface area contributed by atoms with Crippen molar-refractivity contribution in [3.05, 3.63) is 48.7 Å². The fourth-order valence-corrected chi connectivity index (χ4v) is 3.32. The molecule has 1 aromatic heterocycles. The van der Waals surface area contributed by atoms with Gasteiger partial charge in [-0.15, -0.1) is 0 Å². The number of aromatic nitrogens is 2. The van der Waals surface area contributed by atoms with Crippen molar-refractivity contribution in [3.8, 4) is 0 Å². The molecule has 0 radical (unpaired) electrons. The molecule has 12 heteroatoms. The smallest absolute Gasteiger partial charge is 0.350 e. The summed E-state index contributed by atoms with van der Waals surface area (Å²) in [5.41, 5.74) is -0.679. The summed E-state index contributed by atoms with van der Waals surface area (Å²) in [7, 11) is 0. The number of likely N-dealkylation sites (tertiary alicyclic amines) is 1. The number of anilines is 4. The molecule has 9 nitrogen and oxygen atoms in total. The largest absolute Gasteiger partial charge is 0.421 e. The molecule has 3 N–H and O–H groups in total. The van der Waals surface area contributed by atoms with Crippen LogP contribution in [0.4, 0.5) is 36.3 Å². The summed E-state index contributed by atoms with van der Waals surface area (Å²) in [5.74, 6) is -1.78. The first-order chi connectivity index (χ1) is 15.7. The number of nitrogens with one attached hydrogen (secondary N) is 3. The van der Waals surface area contributed by atoms with Crippen LogP contribution in [0.1, 0.15) is 18.4 Å². The van der Waals surface area contributed by atoms with Crippen LogP contribution in [-0.2, 0) is 20.6 Å². The summed E-state index contributed by atoms with van der Waals surface area (Å²) < 4.78 is 40.8. The zero-order chi connectivity index (χ0) is 24.0. The van der Waals surface area contributed by atoms with Gasteiger partial charge >= 0.3 is 6.18 Å². The van der Waals surface area contributed by atoms with Gasteiger partial charge in [-0.3, -0.25) is 14.4 Å². The number of halogens is 3. The number of nitrogens with zero attached hydrogens (tertiary/aromatic N) is 3. The molecule has 0 bridgehead atoms. The molecule has 1 aliphatic rings. The van der Waals surface area contributed by atoms with Crippen molar-refractivity contribution < 1.29 is 27.6 Å². The summed E-state index contributed by atoms with van der Waals surface area (Å²) in [6.07, 6.45) is -1.60. The van der Waals surface area contributed by atoms with Gasteiger partial charge in [-0.2, -0.15) is 18.2 Å². The first-order valence-corrected chi connectivity index (χ1v) is 9.95. The summed E-state index contributed by atoms with van der Waals surface area (Å²) in [6.45, 7) is 3.97. The van der Waals surface area contributed by atoms with Crippen molar-refractivity contribution in [2.24, 2.45) is 0 Å². The number of carbonyl (C=O) groups excluding carboxylic acids is 3. The molecular formula is C21H21F3N6O3. The molecule has 0 saturated carbocycles. The van der Waals surface area contributed by atoms with Crippen molar-refractivity contribution in [1.82, 2.24) is 14.9 Å². The van der Waals surface area contributed by atoms with Gasteiger partial charge in [-0.05, 0) is 31.1 Å². The molecule has 1 unspecified atom stereocenters. The zero-order valence-corrected chi connectivity index (χ0v) is 17.4. The van der Waals surface area contributed by atoms with E-state index >= 15 is 0 Å². The molecule has 1 aromatic carbocycles. The van der Waals surface area contributed by atoms with E-state index in [2.05, 4.69) is 32.5 Å². The van der Waals surface area contributed by atoms with E-state index in [1.165, 1.54) is 17.0 Å². The van der Waals surface area contributed by atoms with Crippen LogP contribution in [0.3, 0.4) is 0 Å². The average molecular weight is 462 g/mol. The normalized spacial score (nSPS) is 16.0. The number of aldehydes is 1. The predicted molar refractivity (Wildman–Crippen MR) is 115 cm³/mol. The number of rotatable bonds is 7. The first-order valence-electron chi connectivity index (χ1n) is 9.95. The second-order valence-corrected chi connectivity index (χ2v) is 7.20. The summed E-state index contributed by atoms with van der Waals surface area (Å²) >= 11 is 0. The van der Waals surface area contributed by atoms with Crippen molar-refractivity contribution in [2.45, 2.75) is 25.1 Å². The Hall–Kier alpha value is -3.96. The fourth-order valence-electron chi connectivity index (χ4n) is 3.32. The highest BCUT2D eigenvalue weighted by Gasteiger charge is 2.36. The van der Waals surface area contributed by atoms with E-state index in [0.717, 1.165) is 6.08 Å². The molecule has 3 rings (SSSR count). The van der Waals surface area contributed by atoms with Crippen molar-refractivity contribution >= 4 is 41.2 Å². The second kappa shape index (κ2) is 10.1. The minimum Gasteiger partial charge on any atom is -0.350 e. The molecule has 2 aromatic rings. The van der Waals surface area contributed by atoms with E-state index in [-0.39, 0.29) is 36.2 Å². The molecule has 1 saturated heterocycles. The Morgan fingerprint density at radius 2 is 1.94 bits per heavy atom. The molecule has 2 heterocycles. The summed E-state index contributed by atoms with van der Waals surface area (Å²) in [4.78, 5) is 43.2. The SMILES string of the molecule is C=CC(=O)Nc1ccccc1Nc1nc(NC2CCCN(C(=O)C=O)C2)ncc1C(F)(F)F. The van der Waals surface area contributed by atoms with E-state index in [9.17, 15) is 27.6 Å². The van der Waals surface area contributed by atoms with Gasteiger partial charge in [0, 0.05) is 25.3 Å². The van der Waals surface area contributed by atoms with Crippen molar-refractivity contribution in [3.63, 3.8) is 0 Å². The van der Waals surface area contributed by atoms with Gasteiger partial charge in [-0.25, -0.2) is 4.98 Å². The lowest BCUT2D eigenvalue weighted by Crippen LogP contribution is -2.45. The quantitative estimate of drug-likeness (QED) is 0.329. The summed E-state index contributed by atoms with van der Waals surface area (Å²) in [6, 6.07) is 5.85. The number of alkyl halides is 3. The van der Waals surface area contributed by atoms with Gasteiger partial charge in [0.05, 0.1) is 11.4 Å². The molecule has 33 heavy (non-hydrogen) atoms. The Labute approximate surface area is 187 Å². The highest BCUT2D eigenvalue weighted by Crippen LogP contribution is 2.36. The van der Waals surface area contributed by atoms with Crippen molar-refractivity contribution in [2.75, 3.05) is 29.0 Å². The maximum Gasteiger partial charge on any atom is 0.421 e. The number of benzene rings is 1. The Balaban J connectivity index is 1.88. The van der Waals surface area contributed by atoms with E-state index < -0.39 is 29.4 Å². The van der Waals surface area contributed by atoms with E-state index in [1.54, 1.807) is 12.1 Å².